The van der Waals surface area contributed by atoms with Crippen LogP contribution in [0.25, 0.3) is 11.3 Å². The lowest BCUT2D eigenvalue weighted by Gasteiger charge is -2.19. The van der Waals surface area contributed by atoms with Crippen LogP contribution < -0.4 is 5.32 Å². The largest absolute Gasteiger partial charge is 0.384 e. The number of halogens is 1. The standard InChI is InChI=1S/C16H10BrN3O4/c1-18-14-12(17)16(22)11-10(15(14)21)6-7-19-13(11)8-2-4-9(5-3-8)20(23)24/h2-7,18H,1H3. The predicted molar refractivity (Wildman–Crippen MR) is 90.0 cm³/mol. The molecule has 0 amide bonds. The molecule has 0 radical (unpaired) electrons. The van der Waals surface area contributed by atoms with Crippen LogP contribution in [0.2, 0.25) is 0 Å². The van der Waals surface area contributed by atoms with Crippen LogP contribution in [0.5, 0.6) is 0 Å². The van der Waals surface area contributed by atoms with Gasteiger partial charge < -0.3 is 5.32 Å². The minimum atomic E-state index is -0.509. The second-order valence-electron chi connectivity index (χ2n) is 4.98. The summed E-state index contributed by atoms with van der Waals surface area (Å²) in [5.74, 6) is -0.681. The lowest BCUT2D eigenvalue weighted by atomic mass is 9.89. The van der Waals surface area contributed by atoms with E-state index in [1.54, 1.807) is 7.05 Å². The third-order valence-corrected chi connectivity index (χ3v) is 4.43. The Morgan fingerprint density at radius 3 is 2.38 bits per heavy atom. The number of nitrogens with zero attached hydrogens (tertiary/aromatic N) is 2. The third kappa shape index (κ3) is 2.41. The van der Waals surface area contributed by atoms with E-state index in [-0.39, 0.29) is 38.6 Å². The Kier molecular flexibility index (Phi) is 3.98. The van der Waals surface area contributed by atoms with Crippen molar-refractivity contribution in [2.24, 2.45) is 0 Å². The zero-order valence-electron chi connectivity index (χ0n) is 12.4. The zero-order chi connectivity index (χ0) is 17.4. The number of non-ortho nitro benzene ring substituents is 1. The summed E-state index contributed by atoms with van der Waals surface area (Å²) in [6.07, 6.45) is 1.44. The van der Waals surface area contributed by atoms with E-state index in [0.29, 0.717) is 11.3 Å². The van der Waals surface area contributed by atoms with Crippen LogP contribution in [0.15, 0.2) is 46.7 Å². The summed E-state index contributed by atoms with van der Waals surface area (Å²) in [4.78, 5) is 39.6. The molecule has 120 valence electrons. The highest BCUT2D eigenvalue weighted by Crippen LogP contribution is 2.34. The van der Waals surface area contributed by atoms with Gasteiger partial charge in [0, 0.05) is 36.5 Å². The number of nitrogens with one attached hydrogen (secondary N) is 1. The van der Waals surface area contributed by atoms with Crippen molar-refractivity contribution in [1.29, 1.82) is 0 Å². The van der Waals surface area contributed by atoms with E-state index in [2.05, 4.69) is 26.2 Å². The number of carbonyl (C=O) groups excluding carboxylic acids is 2. The number of nitro groups is 1. The molecule has 7 nitrogen and oxygen atoms in total. The average Bonchev–Trinajstić information content (AvgIpc) is 2.60. The second-order valence-corrected chi connectivity index (χ2v) is 5.78. The maximum atomic E-state index is 12.7. The molecule has 1 aliphatic carbocycles. The molecule has 1 heterocycles. The molecule has 1 N–H and O–H groups in total. The van der Waals surface area contributed by atoms with Gasteiger partial charge in [0.05, 0.1) is 20.7 Å². The molecule has 0 fully saturated rings. The van der Waals surface area contributed by atoms with Gasteiger partial charge in [-0.15, -0.1) is 0 Å². The first-order chi connectivity index (χ1) is 11.5. The summed E-state index contributed by atoms with van der Waals surface area (Å²) < 4.78 is 0.138. The van der Waals surface area contributed by atoms with Gasteiger partial charge >= 0.3 is 0 Å². The molecule has 0 spiro atoms. The molecule has 0 aliphatic heterocycles. The van der Waals surface area contributed by atoms with Crippen LogP contribution >= 0.6 is 15.9 Å². The number of hydrogen-bond donors (Lipinski definition) is 1. The molecule has 0 saturated heterocycles. The number of ketones is 2. The van der Waals surface area contributed by atoms with Gasteiger partial charge in [-0.2, -0.15) is 0 Å². The van der Waals surface area contributed by atoms with Crippen molar-refractivity contribution in [3.05, 3.63) is 67.9 Å². The van der Waals surface area contributed by atoms with Crippen molar-refractivity contribution < 1.29 is 14.5 Å². The quantitative estimate of drug-likeness (QED) is 0.641. The van der Waals surface area contributed by atoms with Gasteiger partial charge in [0.15, 0.2) is 0 Å². The molecule has 0 unspecified atom stereocenters. The van der Waals surface area contributed by atoms with Crippen molar-refractivity contribution in [3.63, 3.8) is 0 Å². The Hall–Kier alpha value is -2.87. The number of benzene rings is 1. The fraction of sp³-hybridized carbons (Fsp3) is 0.0625. The lowest BCUT2D eigenvalue weighted by Crippen LogP contribution is -2.27. The summed E-state index contributed by atoms with van der Waals surface area (Å²) in [6, 6.07) is 7.15. The second kappa shape index (κ2) is 5.97. The van der Waals surface area contributed by atoms with Crippen LogP contribution in [0.4, 0.5) is 5.69 Å². The highest BCUT2D eigenvalue weighted by molar-refractivity contribution is 9.12. The predicted octanol–water partition coefficient (Wildman–Crippen LogP) is 2.86. The Balaban J connectivity index is 2.19. The summed E-state index contributed by atoms with van der Waals surface area (Å²) in [7, 11) is 1.56. The fourth-order valence-electron chi connectivity index (χ4n) is 2.52. The summed E-state index contributed by atoms with van der Waals surface area (Å²) in [5.41, 5.74) is 1.38. The molecule has 2 aromatic rings. The van der Waals surface area contributed by atoms with Crippen molar-refractivity contribution >= 4 is 33.2 Å². The highest BCUT2D eigenvalue weighted by atomic mass is 79.9. The highest BCUT2D eigenvalue weighted by Gasteiger charge is 2.33. The minimum absolute atomic E-state index is 0.0653. The molecule has 3 rings (SSSR count). The van der Waals surface area contributed by atoms with Crippen LogP contribution in [0, 0.1) is 10.1 Å². The van der Waals surface area contributed by atoms with E-state index >= 15 is 0 Å². The Labute approximate surface area is 144 Å². The number of carbonyl (C=O) groups is 2. The molecular formula is C16H10BrN3O4. The van der Waals surface area contributed by atoms with E-state index in [4.69, 9.17) is 0 Å². The Morgan fingerprint density at radius 2 is 1.79 bits per heavy atom. The molecule has 0 atom stereocenters. The number of hydrogen-bond acceptors (Lipinski definition) is 6. The van der Waals surface area contributed by atoms with Gasteiger partial charge in [0.2, 0.25) is 11.6 Å². The average molecular weight is 388 g/mol. The molecule has 0 bridgehead atoms. The number of likely N-dealkylation sites (N-methyl/N-ethyl adjacent to an activating group) is 1. The zero-order valence-corrected chi connectivity index (χ0v) is 14.0. The number of nitro benzene ring substituents is 1. The SMILES string of the molecule is CNC1=C(Br)C(=O)c2c(ccnc2-c2ccc([N+](=O)[O-])cc2)C1=O. The molecule has 1 aromatic carbocycles. The van der Waals surface area contributed by atoms with E-state index in [9.17, 15) is 19.7 Å². The van der Waals surface area contributed by atoms with Gasteiger partial charge in [0.25, 0.3) is 5.69 Å². The van der Waals surface area contributed by atoms with Crippen LogP contribution in [-0.2, 0) is 0 Å². The molecule has 24 heavy (non-hydrogen) atoms. The van der Waals surface area contributed by atoms with Crippen molar-refractivity contribution in [1.82, 2.24) is 10.3 Å². The number of allylic oxidation sites excluding steroid dienone is 2. The first kappa shape index (κ1) is 16.0. The number of Topliss-reactive ketones (excluding diaryl/α,β-unsaturated/α-hetero) is 2. The van der Waals surface area contributed by atoms with Gasteiger partial charge in [0.1, 0.15) is 5.70 Å². The molecule has 1 aliphatic rings. The van der Waals surface area contributed by atoms with Crippen LogP contribution in [0.3, 0.4) is 0 Å². The maximum Gasteiger partial charge on any atom is 0.269 e. The van der Waals surface area contributed by atoms with Gasteiger partial charge in [-0.3, -0.25) is 24.7 Å². The topological polar surface area (TPSA) is 102 Å². The van der Waals surface area contributed by atoms with E-state index in [0.717, 1.165) is 0 Å². The number of fused-ring (bicyclic) bond motifs is 1. The number of pyridine rings is 1. The van der Waals surface area contributed by atoms with Crippen LogP contribution in [-0.4, -0.2) is 28.5 Å². The smallest absolute Gasteiger partial charge is 0.269 e. The molecule has 1 aromatic heterocycles. The Morgan fingerprint density at radius 1 is 1.12 bits per heavy atom. The number of aromatic nitrogens is 1. The van der Waals surface area contributed by atoms with E-state index in [1.165, 1.54) is 36.5 Å². The fourth-order valence-corrected chi connectivity index (χ4v) is 3.10. The summed E-state index contributed by atoms with van der Waals surface area (Å²) in [6.45, 7) is 0. The summed E-state index contributed by atoms with van der Waals surface area (Å²) in [5, 5.41) is 13.5. The first-order valence-corrected chi connectivity index (χ1v) is 7.65. The normalized spacial score (nSPS) is 13.8. The number of rotatable bonds is 3. The van der Waals surface area contributed by atoms with Crippen molar-refractivity contribution in [3.8, 4) is 11.3 Å². The molecule has 8 heteroatoms. The van der Waals surface area contributed by atoms with E-state index in [1.807, 2.05) is 0 Å². The van der Waals surface area contributed by atoms with Crippen LogP contribution in [0.1, 0.15) is 20.7 Å². The van der Waals surface area contributed by atoms with Gasteiger partial charge in [-0.25, -0.2) is 0 Å². The molecular weight excluding hydrogens is 378 g/mol. The third-order valence-electron chi connectivity index (χ3n) is 3.67. The minimum Gasteiger partial charge on any atom is -0.384 e. The first-order valence-electron chi connectivity index (χ1n) is 6.86. The lowest BCUT2D eigenvalue weighted by molar-refractivity contribution is -0.384. The van der Waals surface area contributed by atoms with E-state index < -0.39 is 4.92 Å². The van der Waals surface area contributed by atoms with Crippen molar-refractivity contribution in [2.75, 3.05) is 7.05 Å². The maximum absolute atomic E-state index is 12.7. The van der Waals surface area contributed by atoms with Gasteiger partial charge in [-0.05, 0) is 34.1 Å². The Bertz CT molecular complexity index is 919. The monoisotopic (exact) mass is 387 g/mol. The molecule has 0 saturated carbocycles. The van der Waals surface area contributed by atoms with Gasteiger partial charge in [-0.1, -0.05) is 0 Å². The summed E-state index contributed by atoms with van der Waals surface area (Å²) >= 11 is 3.16. The van der Waals surface area contributed by atoms with Crippen molar-refractivity contribution in [2.45, 2.75) is 0 Å².